The molecule has 3 aromatic rings. The molecule has 2 aromatic carbocycles. The Labute approximate surface area is 202 Å². The van der Waals surface area contributed by atoms with E-state index in [1.807, 2.05) is 36.4 Å². The highest BCUT2D eigenvalue weighted by atomic mass is 32.2. The van der Waals surface area contributed by atoms with Crippen molar-refractivity contribution in [3.05, 3.63) is 54.2 Å². The van der Waals surface area contributed by atoms with Crippen LogP contribution in [0.25, 0.3) is 10.9 Å². The summed E-state index contributed by atoms with van der Waals surface area (Å²) in [7, 11) is 1.65. The normalized spacial score (nSPS) is 17.4. The first-order valence-electron chi connectivity index (χ1n) is 11.3. The SMILES string of the molecule is COc1cnc2cccc(CCCNCC3CN(c4ccc5c(c4)NC(=O)CS5)C(=O)O3)c2c1. The summed E-state index contributed by atoms with van der Waals surface area (Å²) in [5, 5.41) is 7.39. The van der Waals surface area contributed by atoms with Gasteiger partial charge in [0.2, 0.25) is 5.91 Å². The lowest BCUT2D eigenvalue weighted by molar-refractivity contribution is -0.113. The van der Waals surface area contributed by atoms with Crippen molar-refractivity contribution >= 4 is 46.0 Å². The summed E-state index contributed by atoms with van der Waals surface area (Å²) in [6, 6.07) is 13.9. The van der Waals surface area contributed by atoms with Gasteiger partial charge in [0.25, 0.3) is 0 Å². The van der Waals surface area contributed by atoms with Gasteiger partial charge in [-0.2, -0.15) is 0 Å². The van der Waals surface area contributed by atoms with Crippen molar-refractivity contribution in [2.75, 3.05) is 42.7 Å². The number of pyridine rings is 1. The smallest absolute Gasteiger partial charge is 0.414 e. The zero-order valence-electron chi connectivity index (χ0n) is 18.9. The maximum absolute atomic E-state index is 12.4. The number of nitrogens with zero attached hydrogens (tertiary/aromatic N) is 2. The highest BCUT2D eigenvalue weighted by Gasteiger charge is 2.32. The maximum atomic E-state index is 12.4. The van der Waals surface area contributed by atoms with E-state index in [1.54, 1.807) is 18.2 Å². The van der Waals surface area contributed by atoms with Gasteiger partial charge in [-0.05, 0) is 55.3 Å². The number of hydrogen-bond donors (Lipinski definition) is 2. The van der Waals surface area contributed by atoms with Crippen LogP contribution in [0, 0.1) is 0 Å². The van der Waals surface area contributed by atoms with Crippen LogP contribution >= 0.6 is 11.8 Å². The largest absolute Gasteiger partial charge is 0.495 e. The molecule has 1 fully saturated rings. The Morgan fingerprint density at radius 1 is 1.26 bits per heavy atom. The number of benzene rings is 2. The number of amides is 2. The lowest BCUT2D eigenvalue weighted by Gasteiger charge is -2.20. The summed E-state index contributed by atoms with van der Waals surface area (Å²) < 4.78 is 10.9. The summed E-state index contributed by atoms with van der Waals surface area (Å²) in [4.78, 5) is 31.2. The molecular weight excluding hydrogens is 452 g/mol. The van der Waals surface area contributed by atoms with Crippen LogP contribution in [0.15, 0.2) is 53.6 Å². The van der Waals surface area contributed by atoms with Crippen molar-refractivity contribution in [3.8, 4) is 5.75 Å². The predicted molar refractivity (Wildman–Crippen MR) is 133 cm³/mol. The third-order valence-electron chi connectivity index (χ3n) is 5.98. The van der Waals surface area contributed by atoms with Gasteiger partial charge < -0.3 is 20.1 Å². The predicted octanol–water partition coefficient (Wildman–Crippen LogP) is 3.84. The topological polar surface area (TPSA) is 92.8 Å². The molecule has 0 aliphatic carbocycles. The van der Waals surface area contributed by atoms with Crippen molar-refractivity contribution < 1.29 is 19.1 Å². The highest BCUT2D eigenvalue weighted by molar-refractivity contribution is 8.00. The van der Waals surface area contributed by atoms with E-state index in [2.05, 4.69) is 21.7 Å². The molecule has 8 nitrogen and oxygen atoms in total. The number of thioether (sulfide) groups is 1. The number of nitrogens with one attached hydrogen (secondary N) is 2. The van der Waals surface area contributed by atoms with E-state index < -0.39 is 0 Å². The number of anilines is 2. The van der Waals surface area contributed by atoms with Gasteiger partial charge in [-0.3, -0.25) is 14.7 Å². The van der Waals surface area contributed by atoms with E-state index in [1.165, 1.54) is 17.3 Å². The number of hydrogen-bond acceptors (Lipinski definition) is 7. The summed E-state index contributed by atoms with van der Waals surface area (Å²) in [5.74, 6) is 1.14. The van der Waals surface area contributed by atoms with Crippen molar-refractivity contribution in [3.63, 3.8) is 0 Å². The second-order valence-corrected chi connectivity index (χ2v) is 9.32. The molecule has 0 saturated carbocycles. The molecule has 3 heterocycles. The van der Waals surface area contributed by atoms with Crippen molar-refractivity contribution in [1.82, 2.24) is 10.3 Å². The molecule has 1 unspecified atom stereocenters. The molecule has 176 valence electrons. The van der Waals surface area contributed by atoms with Crippen molar-refractivity contribution in [2.45, 2.75) is 23.8 Å². The first-order chi connectivity index (χ1) is 16.6. The van der Waals surface area contributed by atoms with Crippen LogP contribution < -0.4 is 20.3 Å². The number of aromatic nitrogens is 1. The quantitative estimate of drug-likeness (QED) is 0.475. The van der Waals surface area contributed by atoms with Gasteiger partial charge in [-0.1, -0.05) is 12.1 Å². The van der Waals surface area contributed by atoms with Crippen LogP contribution in [-0.4, -0.2) is 55.6 Å². The van der Waals surface area contributed by atoms with Gasteiger partial charge in [0.1, 0.15) is 11.9 Å². The third-order valence-corrected chi connectivity index (χ3v) is 7.05. The van der Waals surface area contributed by atoms with E-state index in [0.29, 0.717) is 18.8 Å². The molecule has 2 amide bonds. The van der Waals surface area contributed by atoms with Crippen LogP contribution in [-0.2, 0) is 16.0 Å². The fourth-order valence-electron chi connectivity index (χ4n) is 4.27. The summed E-state index contributed by atoms with van der Waals surface area (Å²) in [5.41, 5.74) is 3.68. The summed E-state index contributed by atoms with van der Waals surface area (Å²) >= 11 is 1.50. The van der Waals surface area contributed by atoms with Crippen LogP contribution in [0.5, 0.6) is 5.75 Å². The van der Waals surface area contributed by atoms with Crippen LogP contribution in [0.2, 0.25) is 0 Å². The van der Waals surface area contributed by atoms with E-state index in [4.69, 9.17) is 9.47 Å². The number of carbonyl (C=O) groups is 2. The average molecular weight is 479 g/mol. The minimum Gasteiger partial charge on any atom is -0.495 e. The number of carbonyl (C=O) groups excluding carboxylic acids is 2. The molecule has 1 aromatic heterocycles. The van der Waals surface area contributed by atoms with Gasteiger partial charge in [0.05, 0.1) is 36.8 Å². The number of cyclic esters (lactones) is 1. The number of methoxy groups -OCH3 is 1. The minimum absolute atomic E-state index is 0.0281. The van der Waals surface area contributed by atoms with Crippen LogP contribution in [0.1, 0.15) is 12.0 Å². The van der Waals surface area contributed by atoms with E-state index >= 15 is 0 Å². The Morgan fingerprint density at radius 2 is 2.18 bits per heavy atom. The fourth-order valence-corrected chi connectivity index (χ4v) is 5.05. The van der Waals surface area contributed by atoms with Crippen molar-refractivity contribution in [1.29, 1.82) is 0 Å². The zero-order valence-corrected chi connectivity index (χ0v) is 19.7. The molecule has 5 rings (SSSR count). The van der Waals surface area contributed by atoms with Gasteiger partial charge in [-0.15, -0.1) is 11.8 Å². The van der Waals surface area contributed by atoms with Gasteiger partial charge >= 0.3 is 6.09 Å². The molecule has 2 aliphatic rings. The second-order valence-electron chi connectivity index (χ2n) is 8.30. The van der Waals surface area contributed by atoms with E-state index in [-0.39, 0.29) is 18.1 Å². The maximum Gasteiger partial charge on any atom is 0.414 e. The van der Waals surface area contributed by atoms with Crippen molar-refractivity contribution in [2.24, 2.45) is 0 Å². The number of aryl methyl sites for hydroxylation is 1. The molecule has 9 heteroatoms. The Morgan fingerprint density at radius 3 is 3.06 bits per heavy atom. The van der Waals surface area contributed by atoms with E-state index in [9.17, 15) is 9.59 Å². The average Bonchev–Trinajstić information content (AvgIpc) is 3.23. The monoisotopic (exact) mass is 478 g/mol. The lowest BCUT2D eigenvalue weighted by Crippen LogP contribution is -2.31. The molecule has 1 atom stereocenters. The Bertz CT molecular complexity index is 1230. The highest BCUT2D eigenvalue weighted by Crippen LogP contribution is 2.35. The first kappa shape index (κ1) is 22.5. The van der Waals surface area contributed by atoms with Crippen LogP contribution in [0.4, 0.5) is 16.2 Å². The zero-order chi connectivity index (χ0) is 23.5. The number of fused-ring (bicyclic) bond motifs is 2. The summed E-state index contributed by atoms with van der Waals surface area (Å²) in [6.45, 7) is 1.87. The first-order valence-corrected chi connectivity index (χ1v) is 12.3. The third kappa shape index (κ3) is 4.80. The molecule has 0 spiro atoms. The number of ether oxygens (including phenoxy) is 2. The molecule has 34 heavy (non-hydrogen) atoms. The Balaban J connectivity index is 1.12. The molecule has 2 aliphatic heterocycles. The number of rotatable bonds is 8. The van der Waals surface area contributed by atoms with Gasteiger partial charge in [0.15, 0.2) is 0 Å². The van der Waals surface area contributed by atoms with Gasteiger partial charge in [-0.25, -0.2) is 4.79 Å². The minimum atomic E-state index is -0.362. The lowest BCUT2D eigenvalue weighted by atomic mass is 10.0. The standard InChI is InChI=1S/C25H26N4O4S/c1-32-18-11-20-16(4-2-6-21(20)27-13-18)5-3-9-26-12-19-14-29(25(31)33-19)17-7-8-23-22(10-17)28-24(30)15-34-23/h2,4,6-8,10-11,13,19,26H,3,5,9,12,14-15H2,1H3,(H,28,30). The second kappa shape index (κ2) is 9.90. The molecule has 0 radical (unpaired) electrons. The molecule has 2 N–H and O–H groups in total. The Kier molecular flexibility index (Phi) is 6.55. The summed E-state index contributed by atoms with van der Waals surface area (Å²) in [6.07, 6.45) is 3.01. The Hall–Kier alpha value is -3.30. The molecule has 1 saturated heterocycles. The molecule has 0 bridgehead atoms. The van der Waals surface area contributed by atoms with Crippen LogP contribution in [0.3, 0.4) is 0 Å². The molecular formula is C25H26N4O4S. The van der Waals surface area contributed by atoms with E-state index in [0.717, 1.165) is 52.3 Å². The van der Waals surface area contributed by atoms with Gasteiger partial charge in [0, 0.05) is 22.5 Å². The fraction of sp³-hybridized carbons (Fsp3) is 0.320.